The molecule has 0 aromatic heterocycles. The molecule has 0 aromatic carbocycles. The van der Waals surface area contributed by atoms with Gasteiger partial charge in [0.1, 0.15) is 0 Å². The van der Waals surface area contributed by atoms with Crippen LogP contribution in [-0.4, -0.2) is 25.6 Å². The molecule has 0 bridgehead atoms. The Hall–Kier alpha value is -0.440. The maximum absolute atomic E-state index is 10.3. The number of alkyl halides is 1. The number of halogens is 1. The topological polar surface area (TPSA) is 38.3 Å². The quantitative estimate of drug-likeness (QED) is 0.482. The van der Waals surface area contributed by atoms with Gasteiger partial charge in [-0.2, -0.15) is 0 Å². The smallest absolute Gasteiger partial charge is 0.406 e. The van der Waals surface area contributed by atoms with Crippen molar-refractivity contribution in [1.82, 2.24) is 5.32 Å². The van der Waals surface area contributed by atoms with E-state index in [0.717, 1.165) is 0 Å². The van der Waals surface area contributed by atoms with E-state index in [4.69, 9.17) is 11.6 Å². The molecule has 0 unspecified atom stereocenters. The van der Waals surface area contributed by atoms with Gasteiger partial charge in [-0.1, -0.05) is 0 Å². The molecule has 0 atom stereocenters. The van der Waals surface area contributed by atoms with Crippen LogP contribution in [0.3, 0.4) is 0 Å². The van der Waals surface area contributed by atoms with Crippen LogP contribution >= 0.6 is 11.6 Å². The lowest BCUT2D eigenvalue weighted by molar-refractivity contribution is 0.149. The van der Waals surface area contributed by atoms with Crippen molar-refractivity contribution in [1.29, 1.82) is 0 Å². The summed E-state index contributed by atoms with van der Waals surface area (Å²) in [5, 5.41) is 2.32. The Morgan fingerprint density at radius 1 is 1.78 bits per heavy atom. The van der Waals surface area contributed by atoms with Crippen LogP contribution in [-0.2, 0) is 4.74 Å². The summed E-state index contributed by atoms with van der Waals surface area (Å²) >= 11 is 5.32. The summed E-state index contributed by atoms with van der Waals surface area (Å²) in [7, 11) is 1.52. The van der Waals surface area contributed by atoms with E-state index < -0.39 is 6.09 Å². The molecule has 0 spiro atoms. The second-order valence-corrected chi connectivity index (χ2v) is 1.81. The first-order valence-corrected chi connectivity index (χ1v) is 3.25. The molecule has 54 valence electrons. The predicted molar refractivity (Wildman–Crippen MR) is 35.7 cm³/mol. The molecule has 0 saturated heterocycles. The van der Waals surface area contributed by atoms with E-state index in [2.05, 4.69) is 10.1 Å². The summed E-state index contributed by atoms with van der Waals surface area (Å²) in [5.74, 6) is 0.525. The third-order valence-electron chi connectivity index (χ3n) is 0.715. The van der Waals surface area contributed by atoms with E-state index in [0.29, 0.717) is 18.9 Å². The van der Waals surface area contributed by atoms with Crippen molar-refractivity contribution in [2.75, 3.05) is 19.5 Å². The molecule has 0 radical (unpaired) electrons. The van der Waals surface area contributed by atoms with Gasteiger partial charge in [0.2, 0.25) is 0 Å². The van der Waals surface area contributed by atoms with E-state index in [9.17, 15) is 4.79 Å². The van der Waals surface area contributed by atoms with Crippen molar-refractivity contribution in [2.24, 2.45) is 0 Å². The van der Waals surface area contributed by atoms with Gasteiger partial charge in [-0.25, -0.2) is 4.79 Å². The Morgan fingerprint density at radius 3 is 2.89 bits per heavy atom. The summed E-state index contributed by atoms with van der Waals surface area (Å²) < 4.78 is 4.60. The van der Waals surface area contributed by atoms with Crippen molar-refractivity contribution in [2.45, 2.75) is 6.42 Å². The maximum Gasteiger partial charge on any atom is 0.406 e. The molecule has 9 heavy (non-hydrogen) atoms. The van der Waals surface area contributed by atoms with E-state index >= 15 is 0 Å². The van der Waals surface area contributed by atoms with E-state index in [1.54, 1.807) is 0 Å². The highest BCUT2D eigenvalue weighted by Crippen LogP contribution is 1.85. The first-order chi connectivity index (χ1) is 4.31. The van der Waals surface area contributed by atoms with E-state index in [1.165, 1.54) is 7.05 Å². The summed E-state index contributed by atoms with van der Waals surface area (Å²) in [6.45, 7) is 0.392. The van der Waals surface area contributed by atoms with Crippen LogP contribution in [0.1, 0.15) is 6.42 Å². The Morgan fingerprint density at radius 2 is 2.44 bits per heavy atom. The van der Waals surface area contributed by atoms with Crippen LogP contribution < -0.4 is 5.32 Å². The average Bonchev–Trinajstić information content (AvgIpc) is 1.89. The van der Waals surface area contributed by atoms with Crippen LogP contribution in [0.25, 0.3) is 0 Å². The lowest BCUT2D eigenvalue weighted by atomic mass is 10.5. The fourth-order valence-corrected chi connectivity index (χ4v) is 0.401. The zero-order valence-electron chi connectivity index (χ0n) is 5.32. The van der Waals surface area contributed by atoms with Crippen molar-refractivity contribution >= 4 is 17.7 Å². The monoisotopic (exact) mass is 151 g/mol. The lowest BCUT2D eigenvalue weighted by Gasteiger charge is -1.99. The van der Waals surface area contributed by atoms with Gasteiger partial charge in [0, 0.05) is 12.9 Å². The SMILES string of the molecule is CNC(=O)OCCCCl. The fourth-order valence-electron chi connectivity index (χ4n) is 0.292. The lowest BCUT2D eigenvalue weighted by Crippen LogP contribution is -2.19. The summed E-state index contributed by atoms with van der Waals surface area (Å²) in [6.07, 6.45) is 0.301. The zero-order valence-corrected chi connectivity index (χ0v) is 6.07. The summed E-state index contributed by atoms with van der Waals surface area (Å²) in [5.41, 5.74) is 0. The minimum Gasteiger partial charge on any atom is -0.450 e. The molecule has 0 fully saturated rings. The van der Waals surface area contributed by atoms with Gasteiger partial charge < -0.3 is 10.1 Å². The number of nitrogens with one attached hydrogen (secondary N) is 1. The normalized spacial score (nSPS) is 8.67. The van der Waals surface area contributed by atoms with Gasteiger partial charge in [0.05, 0.1) is 6.61 Å². The molecule has 4 heteroatoms. The average molecular weight is 152 g/mol. The third kappa shape index (κ3) is 5.43. The van der Waals surface area contributed by atoms with Crippen LogP contribution in [0.2, 0.25) is 0 Å². The van der Waals surface area contributed by atoms with Crippen LogP contribution in [0.5, 0.6) is 0 Å². The molecule has 0 aliphatic heterocycles. The molecular weight excluding hydrogens is 142 g/mol. The highest BCUT2D eigenvalue weighted by molar-refractivity contribution is 6.17. The third-order valence-corrected chi connectivity index (χ3v) is 0.983. The largest absolute Gasteiger partial charge is 0.450 e. The molecule has 0 heterocycles. The standard InChI is InChI=1S/C5H10ClNO2/c1-7-5(8)9-4-2-3-6/h2-4H2,1H3,(H,7,8). The number of hydrogen-bond donors (Lipinski definition) is 1. The number of rotatable bonds is 3. The number of carbonyl (C=O) groups excluding carboxylic acids is 1. The molecule has 1 N–H and O–H groups in total. The second kappa shape index (κ2) is 5.69. The minimum absolute atomic E-state index is 0.392. The molecule has 0 rings (SSSR count). The van der Waals surface area contributed by atoms with Gasteiger partial charge in [-0.05, 0) is 6.42 Å². The van der Waals surface area contributed by atoms with Gasteiger partial charge in [0.25, 0.3) is 0 Å². The van der Waals surface area contributed by atoms with E-state index in [1.807, 2.05) is 0 Å². The maximum atomic E-state index is 10.3. The number of amides is 1. The van der Waals surface area contributed by atoms with Crippen molar-refractivity contribution < 1.29 is 9.53 Å². The fraction of sp³-hybridized carbons (Fsp3) is 0.800. The van der Waals surface area contributed by atoms with Gasteiger partial charge in [-0.3, -0.25) is 0 Å². The number of carbonyl (C=O) groups is 1. The Bertz CT molecular complexity index is 87.0. The van der Waals surface area contributed by atoms with E-state index in [-0.39, 0.29) is 0 Å². The minimum atomic E-state index is -0.403. The van der Waals surface area contributed by atoms with Crippen LogP contribution in [0, 0.1) is 0 Å². The first-order valence-electron chi connectivity index (χ1n) is 2.71. The van der Waals surface area contributed by atoms with Gasteiger partial charge >= 0.3 is 6.09 Å². The molecule has 0 aromatic rings. The van der Waals surface area contributed by atoms with Crippen molar-refractivity contribution in [3.05, 3.63) is 0 Å². The zero-order chi connectivity index (χ0) is 7.11. The highest BCUT2D eigenvalue weighted by atomic mass is 35.5. The van der Waals surface area contributed by atoms with Crippen molar-refractivity contribution in [3.63, 3.8) is 0 Å². The molecular formula is C5H10ClNO2. The number of alkyl carbamates (subject to hydrolysis) is 1. The molecule has 0 aliphatic carbocycles. The first kappa shape index (κ1) is 8.56. The van der Waals surface area contributed by atoms with Gasteiger partial charge in [0.15, 0.2) is 0 Å². The number of ether oxygens (including phenoxy) is 1. The van der Waals surface area contributed by atoms with Crippen LogP contribution in [0.4, 0.5) is 4.79 Å². The molecule has 0 saturated carbocycles. The van der Waals surface area contributed by atoms with Crippen molar-refractivity contribution in [3.8, 4) is 0 Å². The highest BCUT2D eigenvalue weighted by Gasteiger charge is 1.93. The summed E-state index contributed by atoms with van der Waals surface area (Å²) in [4.78, 5) is 10.3. The number of hydrogen-bond acceptors (Lipinski definition) is 2. The Kier molecular flexibility index (Phi) is 5.41. The summed E-state index contributed by atoms with van der Waals surface area (Å²) in [6, 6.07) is 0. The predicted octanol–water partition coefficient (Wildman–Crippen LogP) is 0.971. The molecule has 3 nitrogen and oxygen atoms in total. The Balaban J connectivity index is 2.97. The molecule has 1 amide bonds. The molecule has 0 aliphatic rings. The van der Waals surface area contributed by atoms with Crippen LogP contribution in [0.15, 0.2) is 0 Å². The second-order valence-electron chi connectivity index (χ2n) is 1.43. The Labute approximate surface area is 59.3 Å². The van der Waals surface area contributed by atoms with Gasteiger partial charge in [-0.15, -0.1) is 11.6 Å².